The van der Waals surface area contributed by atoms with E-state index in [9.17, 15) is 0 Å². The molecular weight excluding hydrogens is 427 g/mol. The maximum Gasteiger partial charge on any atom is 0.191 e. The van der Waals surface area contributed by atoms with Gasteiger partial charge in [0.05, 0.1) is 13.2 Å². The molecule has 5 nitrogen and oxygen atoms in total. The van der Waals surface area contributed by atoms with Gasteiger partial charge in [0, 0.05) is 38.8 Å². The molecular formula is C19H33IN4O. The highest BCUT2D eigenvalue weighted by Gasteiger charge is 2.28. The molecule has 0 unspecified atom stereocenters. The lowest BCUT2D eigenvalue weighted by Gasteiger charge is -2.41. The fraction of sp³-hybridized carbons (Fsp3) is 0.632. The van der Waals surface area contributed by atoms with Gasteiger partial charge >= 0.3 is 0 Å². The highest BCUT2D eigenvalue weighted by molar-refractivity contribution is 14.0. The number of hydrogen-bond acceptors (Lipinski definition) is 3. The van der Waals surface area contributed by atoms with Gasteiger partial charge in [-0.3, -0.25) is 9.89 Å². The van der Waals surface area contributed by atoms with Crippen molar-refractivity contribution < 1.29 is 4.74 Å². The molecule has 2 rings (SSSR count). The second-order valence-electron chi connectivity index (χ2n) is 7.00. The predicted molar refractivity (Wildman–Crippen MR) is 116 cm³/mol. The van der Waals surface area contributed by atoms with Gasteiger partial charge in [0.2, 0.25) is 0 Å². The van der Waals surface area contributed by atoms with Gasteiger partial charge in [0.15, 0.2) is 5.96 Å². The number of aryl methyl sites for hydroxylation is 1. The van der Waals surface area contributed by atoms with Gasteiger partial charge in [-0.1, -0.05) is 29.8 Å². The first kappa shape index (κ1) is 22.2. The van der Waals surface area contributed by atoms with Crippen molar-refractivity contribution in [1.82, 2.24) is 15.5 Å². The van der Waals surface area contributed by atoms with E-state index >= 15 is 0 Å². The number of rotatable bonds is 6. The van der Waals surface area contributed by atoms with Crippen LogP contribution in [0.3, 0.4) is 0 Å². The number of aliphatic imine (C=N–C) groups is 1. The van der Waals surface area contributed by atoms with Crippen molar-refractivity contribution in [2.45, 2.75) is 32.7 Å². The second kappa shape index (κ2) is 11.0. The number of nitrogens with one attached hydrogen (secondary N) is 2. The van der Waals surface area contributed by atoms with Crippen LogP contribution < -0.4 is 10.6 Å². The standard InChI is InChI=1S/C19H32N4O.HI/c1-16-5-7-17(8-6-16)9-10-21-18(20-4)22-15-19(2,3)23-11-13-24-14-12-23;/h5-8H,9-15H2,1-4H3,(H2,20,21,22);1H. The van der Waals surface area contributed by atoms with Crippen LogP contribution in [-0.2, 0) is 11.2 Å². The molecule has 1 aromatic carbocycles. The highest BCUT2D eigenvalue weighted by atomic mass is 127. The van der Waals surface area contributed by atoms with E-state index < -0.39 is 0 Å². The first-order valence-corrected chi connectivity index (χ1v) is 8.84. The lowest BCUT2D eigenvalue weighted by molar-refractivity contribution is -0.00833. The molecule has 0 bridgehead atoms. The van der Waals surface area contributed by atoms with Crippen LogP contribution in [-0.4, -0.2) is 62.8 Å². The molecule has 6 heteroatoms. The quantitative estimate of drug-likeness (QED) is 0.389. The fourth-order valence-electron chi connectivity index (χ4n) is 2.88. The summed E-state index contributed by atoms with van der Waals surface area (Å²) in [5.41, 5.74) is 2.73. The van der Waals surface area contributed by atoms with Gasteiger partial charge in [-0.15, -0.1) is 24.0 Å². The van der Waals surface area contributed by atoms with Crippen molar-refractivity contribution >= 4 is 29.9 Å². The van der Waals surface area contributed by atoms with Gasteiger partial charge < -0.3 is 15.4 Å². The maximum absolute atomic E-state index is 5.45. The molecule has 0 aliphatic carbocycles. The molecule has 1 aliphatic heterocycles. The summed E-state index contributed by atoms with van der Waals surface area (Å²) >= 11 is 0. The molecule has 0 radical (unpaired) electrons. The average molecular weight is 460 g/mol. The third-order valence-electron chi connectivity index (χ3n) is 4.61. The van der Waals surface area contributed by atoms with Crippen molar-refractivity contribution in [2.24, 2.45) is 4.99 Å². The minimum Gasteiger partial charge on any atom is -0.379 e. The Morgan fingerprint density at radius 1 is 1.16 bits per heavy atom. The van der Waals surface area contributed by atoms with Crippen LogP contribution in [0.1, 0.15) is 25.0 Å². The third kappa shape index (κ3) is 7.50. The van der Waals surface area contributed by atoms with Crippen LogP contribution in [0.5, 0.6) is 0 Å². The Morgan fingerprint density at radius 2 is 1.80 bits per heavy atom. The Kier molecular flexibility index (Phi) is 9.74. The Morgan fingerprint density at radius 3 is 2.40 bits per heavy atom. The fourth-order valence-corrected chi connectivity index (χ4v) is 2.88. The largest absolute Gasteiger partial charge is 0.379 e. The maximum atomic E-state index is 5.45. The van der Waals surface area contributed by atoms with Crippen LogP contribution in [0.4, 0.5) is 0 Å². The van der Waals surface area contributed by atoms with Crippen LogP contribution in [0, 0.1) is 6.92 Å². The zero-order valence-corrected chi connectivity index (χ0v) is 18.3. The summed E-state index contributed by atoms with van der Waals surface area (Å²) in [4.78, 5) is 6.81. The van der Waals surface area contributed by atoms with Crippen LogP contribution in [0.25, 0.3) is 0 Å². The Balaban J connectivity index is 0.00000312. The number of guanidine groups is 1. The number of nitrogens with zero attached hydrogens (tertiary/aromatic N) is 2. The minimum atomic E-state index is 0. The van der Waals surface area contributed by atoms with Gasteiger partial charge in [-0.05, 0) is 32.8 Å². The van der Waals surface area contributed by atoms with Crippen molar-refractivity contribution in [3.63, 3.8) is 0 Å². The summed E-state index contributed by atoms with van der Waals surface area (Å²) in [6.45, 7) is 12.0. The first-order chi connectivity index (χ1) is 11.5. The average Bonchev–Trinajstić information content (AvgIpc) is 2.60. The van der Waals surface area contributed by atoms with Gasteiger partial charge in [0.1, 0.15) is 0 Å². The molecule has 1 aliphatic rings. The summed E-state index contributed by atoms with van der Waals surface area (Å²) in [5.74, 6) is 0.864. The van der Waals surface area contributed by atoms with E-state index in [4.69, 9.17) is 4.74 Å². The van der Waals surface area contributed by atoms with Crippen LogP contribution in [0.15, 0.2) is 29.3 Å². The molecule has 2 N–H and O–H groups in total. The van der Waals surface area contributed by atoms with Crippen molar-refractivity contribution in [2.75, 3.05) is 46.4 Å². The smallest absolute Gasteiger partial charge is 0.191 e. The molecule has 0 atom stereocenters. The molecule has 0 saturated carbocycles. The summed E-state index contributed by atoms with van der Waals surface area (Å²) in [6, 6.07) is 8.70. The summed E-state index contributed by atoms with van der Waals surface area (Å²) in [7, 11) is 1.82. The number of ether oxygens (including phenoxy) is 1. The third-order valence-corrected chi connectivity index (χ3v) is 4.61. The monoisotopic (exact) mass is 460 g/mol. The molecule has 0 amide bonds. The van der Waals surface area contributed by atoms with E-state index in [1.165, 1.54) is 11.1 Å². The zero-order chi connectivity index (χ0) is 17.4. The summed E-state index contributed by atoms with van der Waals surface area (Å²) in [6.07, 6.45) is 0.994. The number of morpholine rings is 1. The second-order valence-corrected chi connectivity index (χ2v) is 7.00. The van der Waals surface area contributed by atoms with Crippen molar-refractivity contribution in [3.05, 3.63) is 35.4 Å². The lowest BCUT2D eigenvalue weighted by atomic mass is 10.0. The molecule has 142 valence electrons. The Hall–Kier alpha value is -0.860. The first-order valence-electron chi connectivity index (χ1n) is 8.84. The molecule has 1 aromatic rings. The molecule has 0 spiro atoms. The van der Waals surface area contributed by atoms with E-state index in [2.05, 4.69) is 65.6 Å². The minimum absolute atomic E-state index is 0. The number of benzene rings is 1. The Labute approximate surface area is 169 Å². The van der Waals surface area contributed by atoms with Crippen LogP contribution in [0.2, 0.25) is 0 Å². The molecule has 1 fully saturated rings. The van der Waals surface area contributed by atoms with Gasteiger partial charge in [-0.25, -0.2) is 0 Å². The van der Waals surface area contributed by atoms with Gasteiger partial charge in [-0.2, -0.15) is 0 Å². The summed E-state index contributed by atoms with van der Waals surface area (Å²) < 4.78 is 5.45. The predicted octanol–water partition coefficient (Wildman–Crippen LogP) is 2.43. The number of halogens is 1. The van der Waals surface area contributed by atoms with Crippen molar-refractivity contribution in [3.8, 4) is 0 Å². The molecule has 1 saturated heterocycles. The molecule has 25 heavy (non-hydrogen) atoms. The van der Waals surface area contributed by atoms with E-state index in [0.29, 0.717) is 0 Å². The molecule has 0 aromatic heterocycles. The van der Waals surface area contributed by atoms with E-state index in [1.54, 1.807) is 0 Å². The van der Waals surface area contributed by atoms with Gasteiger partial charge in [0.25, 0.3) is 0 Å². The number of hydrogen-bond donors (Lipinski definition) is 2. The zero-order valence-electron chi connectivity index (χ0n) is 16.0. The van der Waals surface area contributed by atoms with E-state index in [0.717, 1.165) is 51.8 Å². The lowest BCUT2D eigenvalue weighted by Crippen LogP contribution is -2.56. The van der Waals surface area contributed by atoms with Crippen molar-refractivity contribution in [1.29, 1.82) is 0 Å². The normalized spacial score (nSPS) is 16.2. The van der Waals surface area contributed by atoms with E-state index in [-0.39, 0.29) is 29.5 Å². The Bertz CT molecular complexity index is 525. The SMILES string of the molecule is CN=C(NCCc1ccc(C)cc1)NCC(C)(C)N1CCOCC1.I. The molecule has 1 heterocycles. The topological polar surface area (TPSA) is 48.9 Å². The van der Waals surface area contributed by atoms with E-state index in [1.807, 2.05) is 7.05 Å². The van der Waals surface area contributed by atoms with Crippen LogP contribution >= 0.6 is 24.0 Å². The summed E-state index contributed by atoms with van der Waals surface area (Å²) in [5, 5.41) is 6.86. The highest BCUT2D eigenvalue weighted by Crippen LogP contribution is 2.14.